The van der Waals surface area contributed by atoms with E-state index in [0.29, 0.717) is 10.6 Å². The van der Waals surface area contributed by atoms with E-state index >= 15 is 0 Å². The van der Waals surface area contributed by atoms with Crippen LogP contribution in [0.4, 0.5) is 8.78 Å². The van der Waals surface area contributed by atoms with Gasteiger partial charge in [0.1, 0.15) is 10.8 Å². The summed E-state index contributed by atoms with van der Waals surface area (Å²) in [7, 11) is 0. The number of benzene rings is 2. The van der Waals surface area contributed by atoms with Crippen LogP contribution in [0.5, 0.6) is 5.75 Å². The highest BCUT2D eigenvalue weighted by atomic mass is 35.5. The van der Waals surface area contributed by atoms with Crippen LogP contribution in [0.25, 0.3) is 20.8 Å². The van der Waals surface area contributed by atoms with Gasteiger partial charge in [-0.25, -0.2) is 9.78 Å². The number of aromatic nitrogens is 1. The number of hydrogen-bond acceptors (Lipinski definition) is 5. The molecule has 0 radical (unpaired) electrons. The second kappa shape index (κ2) is 7.17. The number of aryl methyl sites for hydroxylation is 1. The van der Waals surface area contributed by atoms with E-state index in [1.54, 1.807) is 31.2 Å². The summed E-state index contributed by atoms with van der Waals surface area (Å²) in [5.74, 6) is -1.82. The Kier molecular flexibility index (Phi) is 5.11. The maximum absolute atomic E-state index is 13.8. The molecule has 0 atom stereocenters. The zero-order valence-corrected chi connectivity index (χ0v) is 15.5. The summed E-state index contributed by atoms with van der Waals surface area (Å²) in [6, 6.07) is 10.1. The van der Waals surface area contributed by atoms with Crippen LogP contribution in [0.1, 0.15) is 12.5 Å². The minimum absolute atomic E-state index is 0.101. The Hall–Kier alpha value is -2.25. The maximum Gasteiger partial charge on any atom is 0.502 e. The fourth-order valence-corrected chi connectivity index (χ4v) is 3.42. The SMILES string of the molecule is CCOC(=O)C(F)(F)Oc1ccc(-c2nc3cc(Cl)ccc3s2)cc1C. The van der Waals surface area contributed by atoms with Gasteiger partial charge in [-0.2, -0.15) is 8.78 Å². The number of thiazole rings is 1. The van der Waals surface area contributed by atoms with Crippen molar-refractivity contribution in [2.75, 3.05) is 6.61 Å². The summed E-state index contributed by atoms with van der Waals surface area (Å²) < 4.78 is 37.4. The van der Waals surface area contributed by atoms with Crippen molar-refractivity contribution in [3.63, 3.8) is 0 Å². The van der Waals surface area contributed by atoms with Gasteiger partial charge in [0.2, 0.25) is 0 Å². The maximum atomic E-state index is 13.8. The van der Waals surface area contributed by atoms with Crippen LogP contribution in [-0.4, -0.2) is 23.7 Å². The third kappa shape index (κ3) is 3.78. The van der Waals surface area contributed by atoms with Gasteiger partial charge < -0.3 is 9.47 Å². The zero-order chi connectivity index (χ0) is 18.9. The fourth-order valence-electron chi connectivity index (χ4n) is 2.32. The van der Waals surface area contributed by atoms with E-state index in [9.17, 15) is 13.6 Å². The van der Waals surface area contributed by atoms with Crippen molar-refractivity contribution in [3.05, 3.63) is 47.0 Å². The quantitative estimate of drug-likeness (QED) is 0.536. The van der Waals surface area contributed by atoms with Gasteiger partial charge in [-0.05, 0) is 55.8 Å². The first kappa shape index (κ1) is 18.5. The van der Waals surface area contributed by atoms with Gasteiger partial charge >= 0.3 is 12.1 Å². The molecule has 26 heavy (non-hydrogen) atoms. The number of alkyl halides is 2. The van der Waals surface area contributed by atoms with Crippen LogP contribution >= 0.6 is 22.9 Å². The molecule has 0 unspecified atom stereocenters. The first-order valence-corrected chi connectivity index (χ1v) is 8.91. The van der Waals surface area contributed by atoms with E-state index in [1.165, 1.54) is 24.3 Å². The monoisotopic (exact) mass is 397 g/mol. The van der Waals surface area contributed by atoms with Gasteiger partial charge in [-0.1, -0.05) is 11.6 Å². The average molecular weight is 398 g/mol. The molecule has 0 fully saturated rings. The first-order valence-electron chi connectivity index (χ1n) is 7.71. The lowest BCUT2D eigenvalue weighted by molar-refractivity contribution is -0.216. The highest BCUT2D eigenvalue weighted by molar-refractivity contribution is 7.21. The van der Waals surface area contributed by atoms with Crippen LogP contribution in [0.2, 0.25) is 5.02 Å². The fraction of sp³-hybridized carbons (Fsp3) is 0.222. The average Bonchev–Trinajstić information content (AvgIpc) is 2.99. The topological polar surface area (TPSA) is 48.4 Å². The van der Waals surface area contributed by atoms with Crippen LogP contribution in [-0.2, 0) is 9.53 Å². The van der Waals surface area contributed by atoms with E-state index in [1.807, 2.05) is 6.07 Å². The van der Waals surface area contributed by atoms with Crippen molar-refractivity contribution in [3.8, 4) is 16.3 Å². The molecular weight excluding hydrogens is 384 g/mol. The number of carbonyl (C=O) groups excluding carboxylic acids is 1. The number of rotatable bonds is 5. The highest BCUT2D eigenvalue weighted by Crippen LogP contribution is 2.34. The van der Waals surface area contributed by atoms with E-state index in [0.717, 1.165) is 20.8 Å². The van der Waals surface area contributed by atoms with Crippen molar-refractivity contribution >= 4 is 39.1 Å². The van der Waals surface area contributed by atoms with Gasteiger partial charge in [-0.15, -0.1) is 11.3 Å². The molecule has 0 saturated carbocycles. The van der Waals surface area contributed by atoms with Crippen LogP contribution in [0, 0.1) is 6.92 Å². The number of carbonyl (C=O) groups is 1. The Bertz CT molecular complexity index is 974. The van der Waals surface area contributed by atoms with E-state index < -0.39 is 12.1 Å². The summed E-state index contributed by atoms with van der Waals surface area (Å²) in [6.45, 7) is 2.90. The smallest absolute Gasteiger partial charge is 0.459 e. The molecule has 0 spiro atoms. The molecule has 0 amide bonds. The third-order valence-electron chi connectivity index (χ3n) is 3.52. The lowest BCUT2D eigenvalue weighted by Gasteiger charge is -2.17. The lowest BCUT2D eigenvalue weighted by atomic mass is 10.1. The molecule has 0 aliphatic carbocycles. The summed E-state index contributed by atoms with van der Waals surface area (Å²) in [5, 5.41) is 1.32. The van der Waals surface area contributed by atoms with Crippen LogP contribution in [0.15, 0.2) is 36.4 Å². The van der Waals surface area contributed by atoms with Gasteiger partial charge in [-0.3, -0.25) is 0 Å². The number of fused-ring (bicyclic) bond motifs is 1. The molecule has 0 N–H and O–H groups in total. The first-order chi connectivity index (χ1) is 12.3. The molecule has 8 heteroatoms. The molecule has 4 nitrogen and oxygen atoms in total. The molecule has 3 aromatic rings. The van der Waals surface area contributed by atoms with Crippen molar-refractivity contribution < 1.29 is 23.0 Å². The van der Waals surface area contributed by atoms with Gasteiger partial charge in [0.15, 0.2) is 0 Å². The Morgan fingerprint density at radius 1 is 1.27 bits per heavy atom. The number of esters is 1. The summed E-state index contributed by atoms with van der Waals surface area (Å²) in [5.41, 5.74) is 1.97. The van der Waals surface area contributed by atoms with Crippen molar-refractivity contribution in [1.29, 1.82) is 0 Å². The minimum atomic E-state index is -4.05. The van der Waals surface area contributed by atoms with Crippen LogP contribution < -0.4 is 4.74 Å². The third-order valence-corrected chi connectivity index (χ3v) is 4.84. The second-order valence-corrected chi connectivity index (χ2v) is 6.92. The summed E-state index contributed by atoms with van der Waals surface area (Å²) in [4.78, 5) is 15.8. The Labute approximate surface area is 157 Å². The lowest BCUT2D eigenvalue weighted by Crippen LogP contribution is -2.37. The molecule has 0 bridgehead atoms. The molecule has 0 aliphatic rings. The molecule has 0 aliphatic heterocycles. The van der Waals surface area contributed by atoms with Crippen molar-refractivity contribution in [2.24, 2.45) is 0 Å². The molecule has 1 heterocycles. The number of nitrogens with zero attached hydrogens (tertiary/aromatic N) is 1. The number of hydrogen-bond donors (Lipinski definition) is 0. The van der Waals surface area contributed by atoms with Gasteiger partial charge in [0.25, 0.3) is 0 Å². The summed E-state index contributed by atoms with van der Waals surface area (Å²) in [6.07, 6.45) is -4.05. The molecule has 0 saturated heterocycles. The Morgan fingerprint density at radius 3 is 2.73 bits per heavy atom. The standard InChI is InChI=1S/C18H14ClF2NO3S/c1-3-24-17(23)18(20,21)25-14-6-4-11(8-10(14)2)16-22-13-9-12(19)5-7-15(13)26-16/h4-9H,3H2,1-2H3. The Balaban J connectivity index is 1.88. The predicted octanol–water partition coefficient (Wildman–Crippen LogP) is 5.46. The zero-order valence-electron chi connectivity index (χ0n) is 13.9. The Morgan fingerprint density at radius 2 is 2.04 bits per heavy atom. The van der Waals surface area contributed by atoms with Crippen molar-refractivity contribution in [1.82, 2.24) is 4.98 Å². The molecule has 3 rings (SSSR count). The van der Waals surface area contributed by atoms with Gasteiger partial charge in [0.05, 0.1) is 16.8 Å². The summed E-state index contributed by atoms with van der Waals surface area (Å²) >= 11 is 7.43. The van der Waals surface area contributed by atoms with Gasteiger partial charge in [0, 0.05) is 10.6 Å². The normalized spacial score (nSPS) is 11.6. The largest absolute Gasteiger partial charge is 0.502 e. The molecule has 136 valence electrons. The predicted molar refractivity (Wildman–Crippen MR) is 97.0 cm³/mol. The van der Waals surface area contributed by atoms with Crippen molar-refractivity contribution in [2.45, 2.75) is 20.0 Å². The van der Waals surface area contributed by atoms with E-state index in [4.69, 9.17) is 11.6 Å². The van der Waals surface area contributed by atoms with E-state index in [-0.39, 0.29) is 12.4 Å². The number of ether oxygens (including phenoxy) is 2. The second-order valence-electron chi connectivity index (χ2n) is 5.45. The molecule has 1 aromatic heterocycles. The molecule has 2 aromatic carbocycles. The highest BCUT2D eigenvalue weighted by Gasteiger charge is 2.44. The minimum Gasteiger partial charge on any atom is -0.459 e. The number of halogens is 3. The van der Waals surface area contributed by atoms with Crippen LogP contribution in [0.3, 0.4) is 0 Å². The molecular formula is C18H14ClF2NO3S. The van der Waals surface area contributed by atoms with E-state index in [2.05, 4.69) is 14.5 Å².